The van der Waals surface area contributed by atoms with Crippen molar-refractivity contribution in [2.75, 3.05) is 5.32 Å². The van der Waals surface area contributed by atoms with Crippen molar-refractivity contribution < 1.29 is 9.59 Å². The van der Waals surface area contributed by atoms with Gasteiger partial charge in [0.25, 0.3) is 5.91 Å². The van der Waals surface area contributed by atoms with Crippen LogP contribution >= 0.6 is 34.8 Å². The zero-order chi connectivity index (χ0) is 18.1. The average Bonchev–Trinajstić information content (AvgIpc) is 2.56. The lowest BCUT2D eigenvalue weighted by Gasteiger charge is -2.22. The lowest BCUT2D eigenvalue weighted by Crippen LogP contribution is -2.35. The standard InChI is InChI=1S/C17H8Cl3N3O2/c18-8-2-4-14-11(5-8)17(25)23-16(22-14)12(7-21)15(24)10-3-1-9(19)6-13(10)20/h1-6,22H,(H,23,25)/b16-12+. The Morgan fingerprint density at radius 1 is 1.00 bits per heavy atom. The quantitative estimate of drug-likeness (QED) is 0.450. The summed E-state index contributed by atoms with van der Waals surface area (Å²) in [6.45, 7) is 0. The fourth-order valence-corrected chi connectivity index (χ4v) is 2.98. The number of hydrogen-bond acceptors (Lipinski definition) is 4. The van der Waals surface area contributed by atoms with E-state index in [0.29, 0.717) is 21.3 Å². The first-order valence-electron chi connectivity index (χ1n) is 6.92. The number of ketones is 1. The van der Waals surface area contributed by atoms with E-state index in [9.17, 15) is 14.9 Å². The lowest BCUT2D eigenvalue weighted by atomic mass is 10.0. The third kappa shape index (κ3) is 3.33. The van der Waals surface area contributed by atoms with E-state index in [1.807, 2.05) is 6.07 Å². The minimum absolute atomic E-state index is 0.0154. The highest BCUT2D eigenvalue weighted by atomic mass is 35.5. The van der Waals surface area contributed by atoms with Gasteiger partial charge in [-0.05, 0) is 36.4 Å². The minimum atomic E-state index is -0.635. The average molecular weight is 393 g/mol. The van der Waals surface area contributed by atoms with Crippen LogP contribution < -0.4 is 10.6 Å². The Hall–Kier alpha value is -2.52. The van der Waals surface area contributed by atoms with E-state index in [1.54, 1.807) is 12.1 Å². The predicted molar refractivity (Wildman–Crippen MR) is 96.0 cm³/mol. The number of Topliss-reactive ketones (excluding diaryl/α,β-unsaturated/α-hetero) is 1. The topological polar surface area (TPSA) is 82.0 Å². The molecule has 1 amide bonds. The zero-order valence-electron chi connectivity index (χ0n) is 12.4. The number of hydrogen-bond donors (Lipinski definition) is 2. The summed E-state index contributed by atoms with van der Waals surface area (Å²) >= 11 is 17.7. The summed E-state index contributed by atoms with van der Waals surface area (Å²) in [5, 5.41) is 15.6. The van der Waals surface area contributed by atoms with Gasteiger partial charge < -0.3 is 10.6 Å². The number of allylic oxidation sites excluding steroid dienone is 1. The van der Waals surface area contributed by atoms with Crippen molar-refractivity contribution in [1.29, 1.82) is 5.26 Å². The van der Waals surface area contributed by atoms with E-state index in [0.717, 1.165) is 0 Å². The summed E-state index contributed by atoms with van der Waals surface area (Å²) in [6, 6.07) is 10.8. The summed E-state index contributed by atoms with van der Waals surface area (Å²) in [5.41, 5.74) is 0.572. The number of carbonyl (C=O) groups excluding carboxylic acids is 2. The highest BCUT2D eigenvalue weighted by Crippen LogP contribution is 2.28. The molecule has 1 heterocycles. The molecule has 0 spiro atoms. The number of rotatable bonds is 2. The highest BCUT2D eigenvalue weighted by molar-refractivity contribution is 6.37. The molecule has 1 aliphatic heterocycles. The van der Waals surface area contributed by atoms with Crippen molar-refractivity contribution in [2.45, 2.75) is 0 Å². The molecule has 0 saturated carbocycles. The second-order valence-corrected chi connectivity index (χ2v) is 6.36. The van der Waals surface area contributed by atoms with Crippen LogP contribution in [0.5, 0.6) is 0 Å². The van der Waals surface area contributed by atoms with Gasteiger partial charge in [-0.15, -0.1) is 0 Å². The van der Waals surface area contributed by atoms with Crippen LogP contribution in [-0.4, -0.2) is 11.7 Å². The van der Waals surface area contributed by atoms with Gasteiger partial charge in [-0.1, -0.05) is 34.8 Å². The molecule has 3 rings (SSSR count). The van der Waals surface area contributed by atoms with E-state index in [-0.39, 0.29) is 22.0 Å². The van der Waals surface area contributed by atoms with Crippen molar-refractivity contribution in [2.24, 2.45) is 0 Å². The Bertz CT molecular complexity index is 993. The first kappa shape index (κ1) is 17.3. The first-order chi connectivity index (χ1) is 11.9. The van der Waals surface area contributed by atoms with Crippen LogP contribution in [0.1, 0.15) is 20.7 Å². The van der Waals surface area contributed by atoms with Gasteiger partial charge in [-0.25, -0.2) is 0 Å². The number of benzene rings is 2. The number of nitrogens with zero attached hydrogens (tertiary/aromatic N) is 1. The lowest BCUT2D eigenvalue weighted by molar-refractivity contribution is 0.0963. The Labute approximate surface area is 157 Å². The van der Waals surface area contributed by atoms with Gasteiger partial charge in [0.15, 0.2) is 0 Å². The number of nitriles is 1. The number of anilines is 1. The largest absolute Gasteiger partial charge is 0.340 e. The third-order valence-corrected chi connectivity index (χ3v) is 4.27. The maximum Gasteiger partial charge on any atom is 0.258 e. The van der Waals surface area contributed by atoms with Gasteiger partial charge in [0.05, 0.1) is 16.3 Å². The molecule has 2 aromatic carbocycles. The van der Waals surface area contributed by atoms with Crippen molar-refractivity contribution in [3.8, 4) is 6.07 Å². The van der Waals surface area contributed by atoms with Crippen LogP contribution in [0.4, 0.5) is 5.69 Å². The van der Waals surface area contributed by atoms with E-state index in [4.69, 9.17) is 34.8 Å². The Morgan fingerprint density at radius 3 is 2.36 bits per heavy atom. The maximum atomic E-state index is 12.7. The van der Waals surface area contributed by atoms with Crippen LogP contribution in [0.15, 0.2) is 47.8 Å². The number of fused-ring (bicyclic) bond motifs is 1. The Kier molecular flexibility index (Phi) is 4.69. The smallest absolute Gasteiger partial charge is 0.258 e. The molecule has 0 radical (unpaired) electrons. The highest BCUT2D eigenvalue weighted by Gasteiger charge is 2.26. The van der Waals surface area contributed by atoms with Crippen molar-refractivity contribution >= 4 is 52.2 Å². The molecule has 8 heteroatoms. The number of nitrogens with one attached hydrogen (secondary N) is 2. The molecule has 0 aliphatic carbocycles. The van der Waals surface area contributed by atoms with Gasteiger partial charge in [-0.3, -0.25) is 9.59 Å². The van der Waals surface area contributed by atoms with E-state index >= 15 is 0 Å². The van der Waals surface area contributed by atoms with Crippen molar-refractivity contribution in [1.82, 2.24) is 5.32 Å². The van der Waals surface area contributed by atoms with Crippen LogP contribution in [0.2, 0.25) is 15.1 Å². The van der Waals surface area contributed by atoms with Crippen LogP contribution in [0.3, 0.4) is 0 Å². The zero-order valence-corrected chi connectivity index (χ0v) is 14.6. The third-order valence-electron chi connectivity index (χ3n) is 3.49. The Balaban J connectivity index is 2.05. The summed E-state index contributed by atoms with van der Waals surface area (Å²) < 4.78 is 0. The molecule has 0 fully saturated rings. The minimum Gasteiger partial charge on any atom is -0.340 e. The molecule has 0 atom stereocenters. The molecular weight excluding hydrogens is 385 g/mol. The van der Waals surface area contributed by atoms with Crippen molar-refractivity contribution in [3.05, 3.63) is 74.0 Å². The maximum absolute atomic E-state index is 12.7. The molecule has 0 saturated heterocycles. The molecule has 2 N–H and O–H groups in total. The summed E-state index contributed by atoms with van der Waals surface area (Å²) in [4.78, 5) is 24.9. The van der Waals surface area contributed by atoms with Gasteiger partial charge >= 0.3 is 0 Å². The predicted octanol–water partition coefficient (Wildman–Crippen LogP) is 4.42. The van der Waals surface area contributed by atoms with Gasteiger partial charge in [0, 0.05) is 15.6 Å². The van der Waals surface area contributed by atoms with E-state index in [2.05, 4.69) is 10.6 Å². The summed E-state index contributed by atoms with van der Waals surface area (Å²) in [7, 11) is 0. The second-order valence-electron chi connectivity index (χ2n) is 5.08. The van der Waals surface area contributed by atoms with E-state index in [1.165, 1.54) is 24.3 Å². The number of carbonyl (C=O) groups is 2. The molecule has 0 unspecified atom stereocenters. The SMILES string of the molecule is N#C/C(C(=O)c1ccc(Cl)cc1Cl)=C1\NC(=O)c2cc(Cl)ccc2N1. The molecule has 2 aromatic rings. The first-order valence-corrected chi connectivity index (χ1v) is 8.06. The fraction of sp³-hybridized carbons (Fsp3) is 0. The summed E-state index contributed by atoms with van der Waals surface area (Å²) in [5.74, 6) is -1.13. The molecule has 0 aromatic heterocycles. The van der Waals surface area contributed by atoms with Crippen LogP contribution in [-0.2, 0) is 0 Å². The molecule has 0 bridgehead atoms. The number of amides is 1. The van der Waals surface area contributed by atoms with E-state index < -0.39 is 11.7 Å². The molecule has 124 valence electrons. The summed E-state index contributed by atoms with van der Waals surface area (Å²) in [6.07, 6.45) is 0. The molecule has 5 nitrogen and oxygen atoms in total. The molecule has 1 aliphatic rings. The van der Waals surface area contributed by atoms with Crippen LogP contribution in [0, 0.1) is 11.3 Å². The van der Waals surface area contributed by atoms with Crippen LogP contribution in [0.25, 0.3) is 0 Å². The number of halogens is 3. The van der Waals surface area contributed by atoms with Gasteiger partial charge in [0.1, 0.15) is 17.5 Å². The fourth-order valence-electron chi connectivity index (χ4n) is 2.31. The van der Waals surface area contributed by atoms with Gasteiger partial charge in [0.2, 0.25) is 5.78 Å². The Morgan fingerprint density at radius 2 is 1.68 bits per heavy atom. The van der Waals surface area contributed by atoms with Crippen molar-refractivity contribution in [3.63, 3.8) is 0 Å². The normalized spacial score (nSPS) is 14.7. The monoisotopic (exact) mass is 391 g/mol. The van der Waals surface area contributed by atoms with Gasteiger partial charge in [-0.2, -0.15) is 5.26 Å². The molecular formula is C17H8Cl3N3O2. The molecule has 25 heavy (non-hydrogen) atoms. The second kappa shape index (κ2) is 6.77.